The van der Waals surface area contributed by atoms with Gasteiger partial charge in [-0.1, -0.05) is 53.5 Å². The summed E-state index contributed by atoms with van der Waals surface area (Å²) < 4.78 is 11.8. The molecule has 0 saturated carbocycles. The summed E-state index contributed by atoms with van der Waals surface area (Å²) in [6.45, 7) is 10.3. The number of aliphatic imine (C=N–C) groups is 1. The molecule has 0 spiro atoms. The van der Waals surface area contributed by atoms with Gasteiger partial charge in [0.05, 0.1) is 17.8 Å². The molecular formula is C30H31Cl3N2O3. The third kappa shape index (κ3) is 4.71. The van der Waals surface area contributed by atoms with Gasteiger partial charge in [0.2, 0.25) is 0 Å². The van der Waals surface area contributed by atoms with Crippen LogP contribution in [0.15, 0.2) is 71.7 Å². The first kappa shape index (κ1) is 28.4. The molecule has 1 heterocycles. The first-order valence-corrected chi connectivity index (χ1v) is 13.5. The highest BCUT2D eigenvalue weighted by Gasteiger charge is 2.59. The monoisotopic (exact) mass is 572 g/mol. The number of hydrogen-bond acceptors (Lipinski definition) is 4. The molecule has 8 heteroatoms. The number of ether oxygens (including phenoxy) is 2. The number of halogens is 3. The molecule has 200 valence electrons. The second-order valence-corrected chi connectivity index (χ2v) is 11.2. The normalized spacial score (nSPS) is 21.4. The van der Waals surface area contributed by atoms with Crippen molar-refractivity contribution in [3.63, 3.8) is 0 Å². The predicted molar refractivity (Wildman–Crippen MR) is 155 cm³/mol. The molecule has 3 aromatic rings. The summed E-state index contributed by atoms with van der Waals surface area (Å²) in [5.74, 6) is 0.987. The molecule has 1 aliphatic heterocycles. The summed E-state index contributed by atoms with van der Waals surface area (Å²) in [6, 6.07) is 20.7. The molecular weight excluding hydrogens is 543 g/mol. The molecule has 0 bridgehead atoms. The molecule has 1 aliphatic rings. The summed E-state index contributed by atoms with van der Waals surface area (Å²) in [7, 11) is 1.67. The topological polar surface area (TPSA) is 51.1 Å². The molecule has 38 heavy (non-hydrogen) atoms. The van der Waals surface area contributed by atoms with Crippen molar-refractivity contribution in [3.8, 4) is 5.75 Å². The predicted octanol–water partition coefficient (Wildman–Crippen LogP) is 8.53. The number of rotatable bonds is 7. The van der Waals surface area contributed by atoms with Crippen LogP contribution in [-0.2, 0) is 21.4 Å². The third-order valence-corrected chi connectivity index (χ3v) is 8.33. The molecule has 1 amide bonds. The van der Waals surface area contributed by atoms with E-state index in [1.54, 1.807) is 24.1 Å². The van der Waals surface area contributed by atoms with Gasteiger partial charge >= 0.3 is 5.37 Å². The first-order chi connectivity index (χ1) is 17.9. The summed E-state index contributed by atoms with van der Waals surface area (Å²) >= 11 is 18.9. The number of benzene rings is 3. The van der Waals surface area contributed by atoms with E-state index in [1.165, 1.54) is 0 Å². The Morgan fingerprint density at radius 1 is 0.947 bits per heavy atom. The van der Waals surface area contributed by atoms with Crippen LogP contribution in [0.3, 0.4) is 0 Å². The zero-order chi connectivity index (χ0) is 27.9. The maximum absolute atomic E-state index is 13.3. The molecule has 3 aromatic carbocycles. The van der Waals surface area contributed by atoms with Gasteiger partial charge in [0.15, 0.2) is 0 Å². The summed E-state index contributed by atoms with van der Waals surface area (Å²) in [5, 5.41) is 0.527. The number of hydrogen-bond donors (Lipinski definition) is 0. The van der Waals surface area contributed by atoms with Gasteiger partial charge < -0.3 is 9.47 Å². The van der Waals surface area contributed by atoms with Crippen LogP contribution in [-0.4, -0.2) is 29.8 Å². The fourth-order valence-corrected chi connectivity index (χ4v) is 5.52. The Bertz CT molecular complexity index is 1370. The number of methoxy groups -OCH3 is 1. The standard InChI is InChI=1S/C30H31Cl3N2O3/c1-7-38-25-18-21(28(2,3)37-6)12-17-24(25)26-34-29(4,19-8-13-22(31)14-9-19)30(5,35(26)27(33)36)20-10-15-23(32)16-11-20/h8-18H,7H2,1-6H3. The minimum Gasteiger partial charge on any atom is -0.493 e. The van der Waals surface area contributed by atoms with Gasteiger partial charge in [-0.3, -0.25) is 14.7 Å². The van der Waals surface area contributed by atoms with Crippen molar-refractivity contribution in [2.75, 3.05) is 13.7 Å². The zero-order valence-electron chi connectivity index (χ0n) is 22.3. The van der Waals surface area contributed by atoms with Crippen LogP contribution in [0, 0.1) is 0 Å². The van der Waals surface area contributed by atoms with Gasteiger partial charge in [-0.25, -0.2) is 0 Å². The first-order valence-electron chi connectivity index (χ1n) is 12.3. The van der Waals surface area contributed by atoms with Gasteiger partial charge in [-0.2, -0.15) is 0 Å². The van der Waals surface area contributed by atoms with Crippen LogP contribution in [0.1, 0.15) is 56.9 Å². The van der Waals surface area contributed by atoms with Crippen molar-refractivity contribution in [3.05, 3.63) is 99.0 Å². The highest BCUT2D eigenvalue weighted by Crippen LogP contribution is 2.54. The van der Waals surface area contributed by atoms with Crippen LogP contribution < -0.4 is 4.74 Å². The van der Waals surface area contributed by atoms with Crippen LogP contribution >= 0.6 is 34.8 Å². The Hall–Kier alpha value is -2.57. The van der Waals surface area contributed by atoms with E-state index in [-0.39, 0.29) is 0 Å². The average Bonchev–Trinajstić information content (AvgIpc) is 3.13. The van der Waals surface area contributed by atoms with Crippen LogP contribution in [0.5, 0.6) is 5.75 Å². The van der Waals surface area contributed by atoms with E-state index in [4.69, 9.17) is 49.3 Å². The highest BCUT2D eigenvalue weighted by atomic mass is 35.5. The zero-order valence-corrected chi connectivity index (χ0v) is 24.6. The van der Waals surface area contributed by atoms with E-state index in [0.717, 1.165) is 16.7 Å². The smallest absolute Gasteiger partial charge is 0.322 e. The van der Waals surface area contributed by atoms with E-state index in [2.05, 4.69) is 0 Å². The van der Waals surface area contributed by atoms with Gasteiger partial charge in [-0.15, -0.1) is 0 Å². The van der Waals surface area contributed by atoms with Gasteiger partial charge in [0.25, 0.3) is 0 Å². The van der Waals surface area contributed by atoms with Crippen LogP contribution in [0.25, 0.3) is 0 Å². The lowest BCUT2D eigenvalue weighted by atomic mass is 9.71. The van der Waals surface area contributed by atoms with Crippen molar-refractivity contribution in [1.82, 2.24) is 4.90 Å². The van der Waals surface area contributed by atoms with Crippen molar-refractivity contribution >= 4 is 46.0 Å². The number of carbonyl (C=O) groups is 1. The average molecular weight is 574 g/mol. The lowest BCUT2D eigenvalue weighted by Crippen LogP contribution is -2.53. The highest BCUT2D eigenvalue weighted by molar-refractivity contribution is 6.64. The summed E-state index contributed by atoms with van der Waals surface area (Å²) in [5.41, 5.74) is 0.756. The molecule has 0 radical (unpaired) electrons. The molecule has 5 nitrogen and oxygen atoms in total. The summed E-state index contributed by atoms with van der Waals surface area (Å²) in [4.78, 5) is 20.1. The fourth-order valence-electron chi connectivity index (χ4n) is 5.02. The third-order valence-electron chi connectivity index (χ3n) is 7.65. The minimum absolute atomic E-state index is 0.408. The van der Waals surface area contributed by atoms with E-state index in [1.807, 2.05) is 89.2 Å². The van der Waals surface area contributed by atoms with Gasteiger partial charge in [0.1, 0.15) is 22.7 Å². The van der Waals surface area contributed by atoms with Crippen molar-refractivity contribution in [2.45, 2.75) is 51.3 Å². The summed E-state index contributed by atoms with van der Waals surface area (Å²) in [6.07, 6.45) is 0. The van der Waals surface area contributed by atoms with Crippen molar-refractivity contribution < 1.29 is 14.3 Å². The Balaban J connectivity index is 2.02. The number of carbonyl (C=O) groups excluding carboxylic acids is 1. The van der Waals surface area contributed by atoms with E-state index >= 15 is 0 Å². The van der Waals surface area contributed by atoms with Crippen LogP contribution in [0.2, 0.25) is 10.0 Å². The lowest BCUT2D eigenvalue weighted by molar-refractivity contribution is 0.0190. The van der Waals surface area contributed by atoms with E-state index in [9.17, 15) is 4.79 Å². The Morgan fingerprint density at radius 2 is 1.50 bits per heavy atom. The Kier molecular flexibility index (Phi) is 7.89. The number of amidine groups is 1. The minimum atomic E-state index is -1.02. The maximum atomic E-state index is 13.3. The molecule has 2 unspecified atom stereocenters. The molecule has 0 N–H and O–H groups in total. The van der Waals surface area contributed by atoms with Gasteiger partial charge in [0, 0.05) is 17.2 Å². The largest absolute Gasteiger partial charge is 0.493 e. The molecule has 0 aromatic heterocycles. The maximum Gasteiger partial charge on any atom is 0.322 e. The number of nitrogens with zero attached hydrogens (tertiary/aromatic N) is 2. The second-order valence-electron chi connectivity index (χ2n) is 10.0. The van der Waals surface area contributed by atoms with E-state index in [0.29, 0.717) is 33.8 Å². The molecule has 0 fully saturated rings. The Labute approximate surface area is 239 Å². The van der Waals surface area contributed by atoms with Crippen molar-refractivity contribution in [1.29, 1.82) is 0 Å². The molecule has 0 saturated heterocycles. The molecule has 2 atom stereocenters. The lowest BCUT2D eigenvalue weighted by Gasteiger charge is -2.44. The number of amides is 1. The van der Waals surface area contributed by atoms with Crippen molar-refractivity contribution in [2.24, 2.45) is 4.99 Å². The van der Waals surface area contributed by atoms with Gasteiger partial charge in [-0.05, 0) is 99.3 Å². The van der Waals surface area contributed by atoms with E-state index < -0.39 is 22.0 Å². The molecule has 0 aliphatic carbocycles. The SMILES string of the molecule is CCOc1cc(C(C)(C)OC)ccc1C1=NC(C)(c2ccc(Cl)cc2)C(C)(c2ccc(Cl)cc2)N1C(=O)Cl. The molecule has 4 rings (SSSR count). The fraction of sp³-hybridized carbons (Fsp3) is 0.333. The van der Waals surface area contributed by atoms with Crippen LogP contribution in [0.4, 0.5) is 4.79 Å². The second kappa shape index (κ2) is 10.5. The quantitative estimate of drug-likeness (QED) is 0.210. The Morgan fingerprint density at radius 3 is 2.00 bits per heavy atom.